The van der Waals surface area contributed by atoms with Crippen LogP contribution in [0, 0.1) is 5.92 Å². The lowest BCUT2D eigenvalue weighted by molar-refractivity contribution is -0.150. The van der Waals surface area contributed by atoms with Gasteiger partial charge in [-0.05, 0) is 122 Å². The predicted octanol–water partition coefficient (Wildman–Crippen LogP) is 6.82. The Balaban J connectivity index is 1.04. The third kappa shape index (κ3) is 8.14. The number of anilines is 1. The van der Waals surface area contributed by atoms with Gasteiger partial charge in [-0.1, -0.05) is 25.0 Å². The van der Waals surface area contributed by atoms with Crippen LogP contribution in [-0.2, 0) is 55.0 Å². The van der Waals surface area contributed by atoms with Crippen LogP contribution >= 0.6 is 0 Å². The van der Waals surface area contributed by atoms with Crippen molar-refractivity contribution in [3.8, 4) is 34.1 Å². The second-order valence-corrected chi connectivity index (χ2v) is 26.3. The molecule has 17 nitrogen and oxygen atoms in total. The Hall–Kier alpha value is -5.26. The van der Waals surface area contributed by atoms with Gasteiger partial charge in [0.05, 0.1) is 60.3 Å². The molecule has 5 aromatic carbocycles. The van der Waals surface area contributed by atoms with Gasteiger partial charge in [0.15, 0.2) is 9.84 Å². The van der Waals surface area contributed by atoms with Crippen LogP contribution in [0.2, 0.25) is 0 Å². The molecule has 4 heterocycles. The van der Waals surface area contributed by atoms with Gasteiger partial charge in [0.1, 0.15) is 39.6 Å². The minimum Gasteiger partial charge on any atom is -0.497 e. The Bertz CT molecular complexity index is 3320. The molecular formula is C51H57N3O14S4. The smallest absolute Gasteiger partial charge is 0.264 e. The third-order valence-corrected chi connectivity index (χ3v) is 23.2. The lowest BCUT2D eigenvalue weighted by atomic mass is 9.74. The van der Waals surface area contributed by atoms with Gasteiger partial charge >= 0.3 is 0 Å². The molecular weight excluding hydrogens is 1010 g/mol. The van der Waals surface area contributed by atoms with E-state index in [2.05, 4.69) is 0 Å². The number of hydrogen-bond acceptors (Lipinski definition) is 14. The molecule has 72 heavy (non-hydrogen) atoms. The fourth-order valence-electron chi connectivity index (χ4n) is 11.8. The Labute approximate surface area is 421 Å². The third-order valence-electron chi connectivity index (χ3n) is 15.3. The van der Waals surface area contributed by atoms with Crippen LogP contribution in [0.3, 0.4) is 0 Å². The zero-order chi connectivity index (χ0) is 50.8. The van der Waals surface area contributed by atoms with Gasteiger partial charge in [-0.15, -0.1) is 0 Å². The van der Waals surface area contributed by atoms with E-state index in [9.17, 15) is 25.3 Å². The number of sulfone groups is 1. The standard InChI is InChI=1S/C51H57N3O14S4/c1-63-36-10-16-39(17-11-36)69(55,56)49-25-31-67-50(49)26-28-53(70(57,58)40-18-12-37(64-2)13-19-40)47-33-35(9-23-44(47)50)43-34-42(22-24-48(43)66-4)71(59,60)52-29-27-51(45-7-5-6-8-46(45)52)54(30-32-68-51)72(61,62)41-20-14-38(65-3)15-21-41/h9-24,33-34,45-46,49H,5-8,25-32H2,1-4H3. The molecule has 0 amide bonds. The van der Waals surface area contributed by atoms with Crippen molar-refractivity contribution >= 4 is 45.6 Å². The van der Waals surface area contributed by atoms with Gasteiger partial charge in [-0.25, -0.2) is 33.7 Å². The Kier molecular flexibility index (Phi) is 13.2. The molecule has 5 aliphatic rings. The average molecular weight is 1060 g/mol. The van der Waals surface area contributed by atoms with Crippen LogP contribution in [0.5, 0.6) is 23.0 Å². The van der Waals surface area contributed by atoms with Crippen molar-refractivity contribution in [2.24, 2.45) is 5.92 Å². The van der Waals surface area contributed by atoms with E-state index in [-0.39, 0.29) is 77.4 Å². The van der Waals surface area contributed by atoms with Crippen molar-refractivity contribution in [2.45, 2.75) is 87.1 Å². The first-order valence-electron chi connectivity index (χ1n) is 23.8. The lowest BCUT2D eigenvalue weighted by Gasteiger charge is -2.54. The van der Waals surface area contributed by atoms with Gasteiger partial charge in [-0.3, -0.25) is 4.31 Å². The number of nitrogens with zero attached hydrogens (tertiary/aromatic N) is 3. The number of hydrogen-bond donors (Lipinski definition) is 0. The highest BCUT2D eigenvalue weighted by atomic mass is 32.2. The molecule has 384 valence electrons. The van der Waals surface area contributed by atoms with Crippen molar-refractivity contribution in [1.82, 2.24) is 8.61 Å². The number of sulfonamides is 3. The first-order chi connectivity index (χ1) is 34.5. The Morgan fingerprint density at radius 3 is 1.76 bits per heavy atom. The topological polar surface area (TPSA) is 202 Å². The van der Waals surface area contributed by atoms with E-state index in [0.717, 1.165) is 12.8 Å². The molecule has 0 aromatic heterocycles. The molecule has 0 radical (unpaired) electrons. The summed E-state index contributed by atoms with van der Waals surface area (Å²) in [5.74, 6) is 1.29. The van der Waals surface area contributed by atoms with Crippen molar-refractivity contribution in [2.75, 3.05) is 65.6 Å². The number of ether oxygens (including phenoxy) is 6. The average Bonchev–Trinajstić information content (AvgIpc) is 4.04. The highest BCUT2D eigenvalue weighted by Crippen LogP contribution is 2.54. The number of piperidine rings is 1. The maximum atomic E-state index is 15.2. The maximum Gasteiger partial charge on any atom is 0.264 e. The molecule has 21 heteroatoms. The van der Waals surface area contributed by atoms with E-state index >= 15 is 8.42 Å². The van der Waals surface area contributed by atoms with Crippen molar-refractivity contribution in [3.63, 3.8) is 0 Å². The minimum atomic E-state index is -4.30. The first kappa shape index (κ1) is 50.3. The molecule has 4 fully saturated rings. The quantitative estimate of drug-likeness (QED) is 0.119. The molecule has 3 saturated heterocycles. The van der Waals surface area contributed by atoms with Gasteiger partial charge in [0.25, 0.3) is 10.0 Å². The van der Waals surface area contributed by atoms with E-state index in [4.69, 9.17) is 28.4 Å². The highest BCUT2D eigenvalue weighted by molar-refractivity contribution is 7.93. The van der Waals surface area contributed by atoms with Gasteiger partial charge in [-0.2, -0.15) is 8.61 Å². The molecule has 1 aliphatic carbocycles. The van der Waals surface area contributed by atoms with E-state index < -0.39 is 68.4 Å². The molecule has 1 saturated carbocycles. The lowest BCUT2D eigenvalue weighted by Crippen LogP contribution is -2.65. The second-order valence-electron chi connectivity index (χ2n) is 18.6. The molecule has 5 aromatic rings. The van der Waals surface area contributed by atoms with Crippen molar-refractivity contribution < 1.29 is 62.1 Å². The summed E-state index contributed by atoms with van der Waals surface area (Å²) in [7, 11) is -10.8. The Morgan fingerprint density at radius 2 is 1.14 bits per heavy atom. The zero-order valence-electron chi connectivity index (χ0n) is 40.3. The maximum absolute atomic E-state index is 15.2. The van der Waals surface area contributed by atoms with E-state index in [0.29, 0.717) is 52.5 Å². The summed E-state index contributed by atoms with van der Waals surface area (Å²) in [4.78, 5) is 0.0944. The van der Waals surface area contributed by atoms with E-state index in [1.54, 1.807) is 60.7 Å². The SMILES string of the molecule is COc1ccc(S(=O)(=O)C2CCOC23CCN(S(=O)(=O)c2ccc(OC)cc2)c2cc(-c4cc(S(=O)(=O)N5CCC6(OCCN6S(=O)(=O)c6ccc(OC)cc6)C6CCCCC65)ccc4OC)ccc23)cc1. The summed E-state index contributed by atoms with van der Waals surface area (Å²) < 4.78 is 157. The molecule has 10 rings (SSSR count). The Morgan fingerprint density at radius 1 is 0.542 bits per heavy atom. The van der Waals surface area contributed by atoms with Crippen LogP contribution in [0.15, 0.2) is 129 Å². The number of benzene rings is 5. The fraction of sp³-hybridized carbons (Fsp3) is 0.412. The summed E-state index contributed by atoms with van der Waals surface area (Å²) in [5.41, 5.74) is -1.47. The van der Waals surface area contributed by atoms with Crippen molar-refractivity contribution in [3.05, 3.63) is 115 Å². The molecule has 4 aliphatic heterocycles. The molecule has 5 atom stereocenters. The monoisotopic (exact) mass is 1060 g/mol. The number of fused-ring (bicyclic) bond motifs is 4. The largest absolute Gasteiger partial charge is 0.497 e. The van der Waals surface area contributed by atoms with Gasteiger partial charge in [0, 0.05) is 62.2 Å². The van der Waals surface area contributed by atoms with Gasteiger partial charge < -0.3 is 28.4 Å². The van der Waals surface area contributed by atoms with Crippen LogP contribution in [0.1, 0.15) is 50.5 Å². The predicted molar refractivity (Wildman–Crippen MR) is 267 cm³/mol. The first-order valence-corrected chi connectivity index (χ1v) is 29.7. The number of rotatable bonds is 13. The van der Waals surface area contributed by atoms with Crippen LogP contribution < -0.4 is 23.3 Å². The summed E-state index contributed by atoms with van der Waals surface area (Å²) in [6.45, 7) is 0.228. The van der Waals surface area contributed by atoms with Crippen LogP contribution in [-0.4, -0.2) is 121 Å². The van der Waals surface area contributed by atoms with Crippen LogP contribution in [0.4, 0.5) is 5.69 Å². The fourth-order valence-corrected chi connectivity index (χ4v) is 18.8. The normalized spacial score (nSPS) is 25.0. The van der Waals surface area contributed by atoms with E-state index in [1.807, 2.05) is 0 Å². The second kappa shape index (κ2) is 18.9. The van der Waals surface area contributed by atoms with Crippen molar-refractivity contribution in [1.29, 1.82) is 0 Å². The summed E-state index contributed by atoms with van der Waals surface area (Å²) >= 11 is 0. The summed E-state index contributed by atoms with van der Waals surface area (Å²) in [6, 6.07) is 27.3. The molecule has 0 N–H and O–H groups in total. The highest BCUT2D eigenvalue weighted by Gasteiger charge is 2.61. The summed E-state index contributed by atoms with van der Waals surface area (Å²) in [6.07, 6.45) is 2.83. The van der Waals surface area contributed by atoms with E-state index in [1.165, 1.54) is 89.9 Å². The molecule has 0 bridgehead atoms. The molecule has 2 spiro atoms. The summed E-state index contributed by atoms with van der Waals surface area (Å²) in [5, 5.41) is -1.09. The molecule has 5 unspecified atom stereocenters. The minimum absolute atomic E-state index is 0.0147. The van der Waals surface area contributed by atoms with Crippen LogP contribution in [0.25, 0.3) is 11.1 Å². The zero-order valence-corrected chi connectivity index (χ0v) is 43.6. The number of methoxy groups -OCH3 is 4. The van der Waals surface area contributed by atoms with Gasteiger partial charge in [0.2, 0.25) is 20.0 Å².